The first-order valence-corrected chi connectivity index (χ1v) is 15.1. The molecule has 230 valence electrons. The number of hydrogen-bond donors (Lipinski definition) is 2. The van der Waals surface area contributed by atoms with Gasteiger partial charge < -0.3 is 29.7 Å². The Morgan fingerprint density at radius 1 is 1.14 bits per heavy atom. The van der Waals surface area contributed by atoms with E-state index in [1.807, 2.05) is 0 Å². The second-order valence-corrected chi connectivity index (χ2v) is 11.5. The van der Waals surface area contributed by atoms with Crippen molar-refractivity contribution in [2.75, 3.05) is 58.9 Å². The highest BCUT2D eigenvalue weighted by molar-refractivity contribution is 6.41. The summed E-state index contributed by atoms with van der Waals surface area (Å²) >= 11 is 13.5. The van der Waals surface area contributed by atoms with Gasteiger partial charge >= 0.3 is 0 Å². The maximum absolute atomic E-state index is 14.2. The lowest BCUT2D eigenvalue weighted by Gasteiger charge is -2.32. The molecular formula is C30H36Cl2N6O5. The molecule has 0 atom stereocenters. The SMILES string of the molecule is C=CC(=O)NC1CCN(CCn2c(=O)c(-c3c(Cl)c(OC)cc(OC)c3Cl)cc3cnc(NCCC4COC4)nc32)CC1. The molecule has 2 aliphatic heterocycles. The predicted octanol–water partition coefficient (Wildman–Crippen LogP) is 4.00. The molecule has 5 rings (SSSR count). The molecule has 1 aromatic carbocycles. The summed E-state index contributed by atoms with van der Waals surface area (Å²) in [6.45, 7) is 8.34. The van der Waals surface area contributed by atoms with Crippen LogP contribution in [0.15, 0.2) is 35.8 Å². The van der Waals surface area contributed by atoms with Gasteiger partial charge in [-0.3, -0.25) is 14.2 Å². The number of piperidine rings is 1. The zero-order chi connectivity index (χ0) is 30.5. The van der Waals surface area contributed by atoms with Gasteiger partial charge in [0, 0.05) is 67.9 Å². The normalized spacial score (nSPS) is 16.1. The van der Waals surface area contributed by atoms with Gasteiger partial charge in [-0.2, -0.15) is 4.98 Å². The number of likely N-dealkylation sites (tertiary alicyclic amines) is 1. The van der Waals surface area contributed by atoms with Gasteiger partial charge in [0.05, 0.1) is 43.0 Å². The number of benzene rings is 1. The van der Waals surface area contributed by atoms with E-state index in [1.54, 1.807) is 22.9 Å². The zero-order valence-electron chi connectivity index (χ0n) is 24.3. The standard InChI is InChI=1S/C30H36Cl2N6O5/c1-4-24(39)35-20-6-9-37(10-7-20)11-12-38-28-19(15-34-30(36-28)33-8-5-18-16-43-17-18)13-21(29(38)40)25-26(31)22(41-2)14-23(42-3)27(25)32/h4,13-15,18,20H,1,5-12,16-17H2,2-3H3,(H,35,39)(H,33,34,36). The number of nitrogens with zero attached hydrogens (tertiary/aromatic N) is 4. The minimum atomic E-state index is -0.295. The molecule has 1 amide bonds. The smallest absolute Gasteiger partial charge is 0.260 e. The molecule has 0 unspecified atom stereocenters. The van der Waals surface area contributed by atoms with Gasteiger partial charge in [0.15, 0.2) is 0 Å². The van der Waals surface area contributed by atoms with Crippen LogP contribution < -0.4 is 25.7 Å². The molecule has 0 bridgehead atoms. The summed E-state index contributed by atoms with van der Waals surface area (Å²) in [5, 5.41) is 7.34. The number of carbonyl (C=O) groups excluding carboxylic acids is 1. The molecule has 3 aromatic rings. The second kappa shape index (κ2) is 13.9. The first-order valence-electron chi connectivity index (χ1n) is 14.3. The average Bonchev–Trinajstić information content (AvgIpc) is 2.99. The molecule has 13 heteroatoms. The van der Waals surface area contributed by atoms with E-state index in [4.69, 9.17) is 42.4 Å². The van der Waals surface area contributed by atoms with Gasteiger partial charge in [-0.1, -0.05) is 29.8 Å². The summed E-state index contributed by atoms with van der Waals surface area (Å²) in [5.41, 5.74) is 0.827. The van der Waals surface area contributed by atoms with Gasteiger partial charge in [-0.25, -0.2) is 4.98 Å². The molecule has 11 nitrogen and oxygen atoms in total. The van der Waals surface area contributed by atoms with Crippen LogP contribution in [0.25, 0.3) is 22.2 Å². The first kappa shape index (κ1) is 31.1. The third kappa shape index (κ3) is 6.90. The van der Waals surface area contributed by atoms with Gasteiger partial charge in [-0.05, 0) is 31.4 Å². The number of nitrogens with one attached hydrogen (secondary N) is 2. The van der Waals surface area contributed by atoms with Crippen molar-refractivity contribution in [3.8, 4) is 22.6 Å². The van der Waals surface area contributed by atoms with Crippen molar-refractivity contribution in [3.05, 3.63) is 51.4 Å². The lowest BCUT2D eigenvalue weighted by atomic mass is 10.0. The highest BCUT2D eigenvalue weighted by Crippen LogP contribution is 2.45. The number of ether oxygens (including phenoxy) is 3. The Hall–Kier alpha value is -3.38. The van der Waals surface area contributed by atoms with Crippen LogP contribution in [0.3, 0.4) is 0 Å². The Morgan fingerprint density at radius 3 is 2.44 bits per heavy atom. The van der Waals surface area contributed by atoms with Crippen LogP contribution in [-0.4, -0.2) is 85.0 Å². The molecule has 0 radical (unpaired) electrons. The summed E-state index contributed by atoms with van der Waals surface area (Å²) < 4.78 is 17.8. The molecule has 2 fully saturated rings. The number of amides is 1. The maximum atomic E-state index is 14.2. The number of aromatic nitrogens is 3. The third-order valence-electron chi connectivity index (χ3n) is 7.97. The number of methoxy groups -OCH3 is 2. The molecule has 2 N–H and O–H groups in total. The number of anilines is 1. The second-order valence-electron chi connectivity index (χ2n) is 10.7. The number of carbonyl (C=O) groups is 1. The van der Waals surface area contributed by atoms with Crippen molar-refractivity contribution < 1.29 is 19.0 Å². The lowest BCUT2D eigenvalue weighted by molar-refractivity contribution is -0.117. The van der Waals surface area contributed by atoms with Crippen molar-refractivity contribution in [1.29, 1.82) is 0 Å². The highest BCUT2D eigenvalue weighted by atomic mass is 35.5. The van der Waals surface area contributed by atoms with E-state index < -0.39 is 0 Å². The van der Waals surface area contributed by atoms with Crippen molar-refractivity contribution in [3.63, 3.8) is 0 Å². The minimum absolute atomic E-state index is 0.105. The third-order valence-corrected chi connectivity index (χ3v) is 8.72. The van der Waals surface area contributed by atoms with Crippen LogP contribution in [-0.2, 0) is 16.1 Å². The van der Waals surface area contributed by atoms with Crippen LogP contribution in [0.2, 0.25) is 10.0 Å². The molecule has 0 spiro atoms. The number of rotatable bonds is 12. The van der Waals surface area contributed by atoms with Crippen LogP contribution >= 0.6 is 23.2 Å². The van der Waals surface area contributed by atoms with E-state index in [1.165, 1.54) is 20.3 Å². The van der Waals surface area contributed by atoms with Crippen molar-refractivity contribution in [2.45, 2.75) is 31.8 Å². The predicted molar refractivity (Wildman–Crippen MR) is 168 cm³/mol. The molecule has 0 saturated carbocycles. The monoisotopic (exact) mass is 630 g/mol. The van der Waals surface area contributed by atoms with Crippen LogP contribution in [0, 0.1) is 5.92 Å². The Balaban J connectivity index is 1.48. The summed E-state index contributed by atoms with van der Waals surface area (Å²) in [4.78, 5) is 37.5. The summed E-state index contributed by atoms with van der Waals surface area (Å²) in [6.07, 6.45) is 5.56. The quantitative estimate of drug-likeness (QED) is 0.286. The maximum Gasteiger partial charge on any atom is 0.260 e. The van der Waals surface area contributed by atoms with Gasteiger partial charge in [0.25, 0.3) is 5.56 Å². The van der Waals surface area contributed by atoms with E-state index in [9.17, 15) is 9.59 Å². The van der Waals surface area contributed by atoms with Crippen molar-refractivity contribution in [1.82, 2.24) is 24.8 Å². The number of fused-ring (bicyclic) bond motifs is 1. The Labute approximate surface area is 260 Å². The van der Waals surface area contributed by atoms with Gasteiger partial charge in [0.2, 0.25) is 11.9 Å². The highest BCUT2D eigenvalue weighted by Gasteiger charge is 2.25. The van der Waals surface area contributed by atoms with Gasteiger partial charge in [0.1, 0.15) is 17.1 Å². The van der Waals surface area contributed by atoms with E-state index in [-0.39, 0.29) is 27.6 Å². The fraction of sp³-hybridized carbons (Fsp3) is 0.467. The largest absolute Gasteiger partial charge is 0.495 e. The molecule has 2 aliphatic rings. The lowest BCUT2D eigenvalue weighted by Crippen LogP contribution is -2.45. The first-order chi connectivity index (χ1) is 20.8. The molecule has 4 heterocycles. The molecule has 43 heavy (non-hydrogen) atoms. The van der Waals surface area contributed by atoms with E-state index in [0.29, 0.717) is 65.2 Å². The van der Waals surface area contributed by atoms with Crippen LogP contribution in [0.1, 0.15) is 19.3 Å². The van der Waals surface area contributed by atoms with Crippen molar-refractivity contribution >= 4 is 46.1 Å². The Morgan fingerprint density at radius 2 is 1.84 bits per heavy atom. The van der Waals surface area contributed by atoms with E-state index in [0.717, 1.165) is 45.6 Å². The summed E-state index contributed by atoms with van der Waals surface area (Å²) in [7, 11) is 2.98. The summed E-state index contributed by atoms with van der Waals surface area (Å²) in [5.74, 6) is 1.50. The topological polar surface area (TPSA) is 120 Å². The fourth-order valence-electron chi connectivity index (χ4n) is 5.39. The molecule has 2 saturated heterocycles. The zero-order valence-corrected chi connectivity index (χ0v) is 25.8. The fourth-order valence-corrected chi connectivity index (χ4v) is 6.10. The average molecular weight is 632 g/mol. The Kier molecular flexibility index (Phi) is 10.1. The number of hydrogen-bond acceptors (Lipinski definition) is 9. The minimum Gasteiger partial charge on any atom is -0.495 e. The number of halogens is 2. The van der Waals surface area contributed by atoms with Crippen molar-refractivity contribution in [2.24, 2.45) is 5.92 Å². The Bertz CT molecular complexity index is 1520. The molecule has 2 aromatic heterocycles. The van der Waals surface area contributed by atoms with Crippen LogP contribution in [0.4, 0.5) is 5.95 Å². The number of pyridine rings is 1. The molecule has 0 aliphatic carbocycles. The van der Waals surface area contributed by atoms with Crippen LogP contribution in [0.5, 0.6) is 11.5 Å². The molecular weight excluding hydrogens is 595 g/mol. The van der Waals surface area contributed by atoms with Gasteiger partial charge in [-0.15, -0.1) is 0 Å². The van der Waals surface area contributed by atoms with E-state index in [2.05, 4.69) is 27.1 Å². The summed E-state index contributed by atoms with van der Waals surface area (Å²) in [6, 6.07) is 3.41. The van der Waals surface area contributed by atoms with E-state index >= 15 is 0 Å².